The van der Waals surface area contributed by atoms with E-state index < -0.39 is 0 Å². The van der Waals surface area contributed by atoms with Gasteiger partial charge < -0.3 is 14.6 Å². The van der Waals surface area contributed by atoms with Gasteiger partial charge in [-0.1, -0.05) is 0 Å². The Balaban J connectivity index is 2.51. The predicted octanol–water partition coefficient (Wildman–Crippen LogP) is 1.41. The number of hydrogen-bond donors (Lipinski definition) is 1. The minimum absolute atomic E-state index is 0.0106. The van der Waals surface area contributed by atoms with E-state index in [1.54, 1.807) is 29.3 Å². The topological polar surface area (TPSA) is 64.6 Å². The van der Waals surface area contributed by atoms with Crippen molar-refractivity contribution >= 4 is 12.2 Å². The Labute approximate surface area is 134 Å². The average molecular weight is 317 g/mol. The van der Waals surface area contributed by atoms with Crippen molar-refractivity contribution in [3.8, 4) is 17.2 Å². The monoisotopic (exact) mass is 317 g/mol. The van der Waals surface area contributed by atoms with Crippen LogP contribution in [0.25, 0.3) is 12.2 Å². The van der Waals surface area contributed by atoms with E-state index in [1.807, 2.05) is 25.1 Å². The highest BCUT2D eigenvalue weighted by Crippen LogP contribution is 2.34. The van der Waals surface area contributed by atoms with Gasteiger partial charge in [-0.25, -0.2) is 0 Å². The third-order valence-corrected chi connectivity index (χ3v) is 3.81. The van der Waals surface area contributed by atoms with Crippen LogP contribution < -0.4 is 19.7 Å². The maximum absolute atomic E-state index is 12.1. The maximum Gasteiger partial charge on any atom is 0.498 e. The van der Waals surface area contributed by atoms with Crippen molar-refractivity contribution in [3.05, 3.63) is 45.6 Å². The van der Waals surface area contributed by atoms with Crippen LogP contribution in [0.1, 0.15) is 17.0 Å². The summed E-state index contributed by atoms with van der Waals surface area (Å²) in [6.07, 6.45) is 3.64. The van der Waals surface area contributed by atoms with Crippen LogP contribution in [0, 0.1) is 6.92 Å². The largest absolute Gasteiger partial charge is 0.504 e. The molecular weight excluding hydrogens is 296 g/mol. The molecule has 1 aromatic heterocycles. The Morgan fingerprint density at radius 1 is 1.13 bits per heavy atom. The molecule has 0 atom stereocenters. The second-order valence-corrected chi connectivity index (χ2v) is 5.21. The van der Waals surface area contributed by atoms with Crippen LogP contribution in [0.4, 0.5) is 0 Å². The first kappa shape index (κ1) is 16.6. The summed E-state index contributed by atoms with van der Waals surface area (Å²) in [6.45, 7) is 1.88. The molecule has 0 saturated carbocycles. The lowest BCUT2D eigenvalue weighted by Crippen LogP contribution is -2.53. The van der Waals surface area contributed by atoms with Gasteiger partial charge >= 0.3 is 5.69 Å². The van der Waals surface area contributed by atoms with Crippen LogP contribution in [0.3, 0.4) is 0 Å². The molecule has 2 rings (SSSR count). The number of aryl methyl sites for hydroxylation is 1. The number of methoxy groups -OCH3 is 2. The van der Waals surface area contributed by atoms with Crippen LogP contribution in [0.2, 0.25) is 0 Å². The molecule has 0 spiro atoms. The Morgan fingerprint density at radius 3 is 2.39 bits per heavy atom. The smallest absolute Gasteiger partial charge is 0.498 e. The first-order valence-corrected chi connectivity index (χ1v) is 7.08. The molecule has 0 fully saturated rings. The molecule has 1 aromatic carbocycles. The van der Waals surface area contributed by atoms with Crippen molar-refractivity contribution in [3.63, 3.8) is 0 Å². The number of rotatable bonds is 4. The van der Waals surface area contributed by atoms with Gasteiger partial charge in [0.25, 0.3) is 0 Å². The minimum atomic E-state index is -0.0973. The van der Waals surface area contributed by atoms with Gasteiger partial charge in [0.15, 0.2) is 11.5 Å². The van der Waals surface area contributed by atoms with Crippen LogP contribution in [-0.2, 0) is 14.1 Å². The van der Waals surface area contributed by atoms with Crippen molar-refractivity contribution in [2.75, 3.05) is 14.2 Å². The van der Waals surface area contributed by atoms with Crippen molar-refractivity contribution in [1.29, 1.82) is 0 Å². The standard InChI is InChI=1S/C17H20N2O4/c1-11-8-13(19(3)17(21)18(11)2)7-6-12-9-16(23-5)14(20)10-15(12)22-4/h6-10H,1-5H3/p+1. The number of phenols is 1. The predicted molar refractivity (Wildman–Crippen MR) is 87.7 cm³/mol. The summed E-state index contributed by atoms with van der Waals surface area (Å²) in [7, 11) is 6.47. The lowest BCUT2D eigenvalue weighted by Gasteiger charge is -2.09. The Hall–Kier alpha value is -2.76. The van der Waals surface area contributed by atoms with Gasteiger partial charge in [-0.3, -0.25) is 0 Å². The number of aromatic hydroxyl groups is 1. The summed E-state index contributed by atoms with van der Waals surface area (Å²) in [4.78, 5) is 12.1. The summed E-state index contributed by atoms with van der Waals surface area (Å²) in [5, 5.41) is 9.80. The zero-order chi connectivity index (χ0) is 17.1. The van der Waals surface area contributed by atoms with Crippen molar-refractivity contribution in [1.82, 2.24) is 4.57 Å². The third kappa shape index (κ3) is 3.21. The van der Waals surface area contributed by atoms with Gasteiger partial charge in [-0.15, -0.1) is 0 Å². The number of ether oxygens (including phenoxy) is 2. The number of hydrogen-bond acceptors (Lipinski definition) is 4. The highest BCUT2D eigenvalue weighted by atomic mass is 16.5. The number of phenolic OH excluding ortho intramolecular Hbond substituents is 1. The highest BCUT2D eigenvalue weighted by molar-refractivity contribution is 5.72. The van der Waals surface area contributed by atoms with E-state index in [4.69, 9.17) is 9.47 Å². The molecule has 0 aliphatic heterocycles. The molecular formula is C17H21N2O4+. The Bertz CT molecular complexity index is 822. The first-order valence-electron chi connectivity index (χ1n) is 7.08. The van der Waals surface area contributed by atoms with Gasteiger partial charge in [-0.05, 0) is 25.1 Å². The van der Waals surface area contributed by atoms with E-state index >= 15 is 0 Å². The Morgan fingerprint density at radius 2 is 1.78 bits per heavy atom. The quantitative estimate of drug-likeness (QED) is 0.866. The molecule has 0 amide bonds. The zero-order valence-electron chi connectivity index (χ0n) is 14.0. The maximum atomic E-state index is 12.1. The molecule has 0 radical (unpaired) electrons. The third-order valence-electron chi connectivity index (χ3n) is 3.81. The molecule has 1 N–H and O–H groups in total. The first-order chi connectivity index (χ1) is 10.9. The fourth-order valence-corrected chi connectivity index (χ4v) is 2.26. The summed E-state index contributed by atoms with van der Waals surface area (Å²) in [5.74, 6) is 0.884. The number of nitrogens with zero attached hydrogens (tertiary/aromatic N) is 2. The number of benzene rings is 1. The lowest BCUT2D eigenvalue weighted by atomic mass is 10.1. The summed E-state index contributed by atoms with van der Waals surface area (Å²) in [5.41, 5.74) is 2.27. The molecule has 0 unspecified atom stereocenters. The summed E-state index contributed by atoms with van der Waals surface area (Å²) < 4.78 is 13.5. The van der Waals surface area contributed by atoms with Gasteiger partial charge in [0.05, 0.1) is 28.3 Å². The van der Waals surface area contributed by atoms with E-state index in [9.17, 15) is 9.90 Å². The molecule has 122 valence electrons. The van der Waals surface area contributed by atoms with E-state index in [-0.39, 0.29) is 11.4 Å². The van der Waals surface area contributed by atoms with E-state index in [1.165, 1.54) is 20.3 Å². The van der Waals surface area contributed by atoms with E-state index in [0.717, 1.165) is 17.0 Å². The van der Waals surface area contributed by atoms with Crippen LogP contribution >= 0.6 is 0 Å². The van der Waals surface area contributed by atoms with Gasteiger partial charge in [0.2, 0.25) is 0 Å². The lowest BCUT2D eigenvalue weighted by molar-refractivity contribution is -0.692. The molecule has 1 heterocycles. The summed E-state index contributed by atoms with van der Waals surface area (Å²) in [6, 6.07) is 5.09. The number of aromatic nitrogens is 2. The van der Waals surface area contributed by atoms with Gasteiger partial charge in [0.1, 0.15) is 17.1 Å². The van der Waals surface area contributed by atoms with Crippen LogP contribution in [-0.4, -0.2) is 23.9 Å². The molecule has 23 heavy (non-hydrogen) atoms. The van der Waals surface area contributed by atoms with Gasteiger partial charge in [-0.2, -0.15) is 13.9 Å². The molecule has 0 aliphatic rings. The second-order valence-electron chi connectivity index (χ2n) is 5.21. The normalized spacial score (nSPS) is 11.0. The minimum Gasteiger partial charge on any atom is -0.504 e. The second kappa shape index (κ2) is 6.56. The SMILES string of the molecule is COc1cc(C=Cc2cc(C)n(C)c(=O)[n+]2C)c(OC)cc1O. The molecule has 0 aliphatic carbocycles. The molecule has 2 aromatic rings. The Kier molecular flexibility index (Phi) is 4.74. The zero-order valence-corrected chi connectivity index (χ0v) is 14.0. The molecule has 6 heteroatoms. The van der Waals surface area contributed by atoms with Crippen molar-refractivity contribution in [2.24, 2.45) is 14.1 Å². The van der Waals surface area contributed by atoms with Crippen molar-refractivity contribution in [2.45, 2.75) is 6.92 Å². The summed E-state index contributed by atoms with van der Waals surface area (Å²) >= 11 is 0. The van der Waals surface area contributed by atoms with Crippen LogP contribution in [0.5, 0.6) is 17.2 Å². The average Bonchev–Trinajstić information content (AvgIpc) is 2.55. The van der Waals surface area contributed by atoms with Crippen LogP contribution in [0.15, 0.2) is 23.0 Å². The van der Waals surface area contributed by atoms with E-state index in [2.05, 4.69) is 0 Å². The van der Waals surface area contributed by atoms with E-state index in [0.29, 0.717) is 11.5 Å². The fourth-order valence-electron chi connectivity index (χ4n) is 2.26. The molecule has 0 bridgehead atoms. The van der Waals surface area contributed by atoms with Crippen molar-refractivity contribution < 1.29 is 19.1 Å². The molecule has 0 saturated heterocycles. The fraction of sp³-hybridized carbons (Fsp3) is 0.294. The van der Waals surface area contributed by atoms with Gasteiger partial charge in [0, 0.05) is 17.7 Å². The highest BCUT2D eigenvalue weighted by Gasteiger charge is 2.12. The molecule has 6 nitrogen and oxygen atoms in total.